The highest BCUT2D eigenvalue weighted by Crippen LogP contribution is 2.32. The van der Waals surface area contributed by atoms with Gasteiger partial charge in [0.05, 0.1) is 28.5 Å². The van der Waals surface area contributed by atoms with E-state index in [2.05, 4.69) is 10.4 Å². The molecule has 9 heteroatoms. The zero-order chi connectivity index (χ0) is 19.9. The van der Waals surface area contributed by atoms with Gasteiger partial charge >= 0.3 is 6.18 Å². The summed E-state index contributed by atoms with van der Waals surface area (Å²) in [5.41, 5.74) is 0.914. The van der Waals surface area contributed by atoms with Crippen molar-refractivity contribution in [2.45, 2.75) is 17.7 Å². The number of hydrogen-bond acceptors (Lipinski definition) is 3. The minimum atomic E-state index is -4.54. The standard InChI is InChI=1S/C19H14F3N3O2S/c20-19(21,22)13-6-4-5-12(9-13)18(26)23-17-15-10-28(27)11-16(15)24-25(17)14-7-2-1-3-8-14/h1-9H,10-11H2,(H,23,26). The van der Waals surface area contributed by atoms with Gasteiger partial charge in [0.1, 0.15) is 5.82 Å². The van der Waals surface area contributed by atoms with Crippen molar-refractivity contribution in [1.29, 1.82) is 0 Å². The van der Waals surface area contributed by atoms with Crippen molar-refractivity contribution in [3.63, 3.8) is 0 Å². The molecule has 0 bridgehead atoms. The number of amides is 1. The largest absolute Gasteiger partial charge is 0.416 e. The molecule has 4 rings (SSSR count). The number of nitrogens with one attached hydrogen (secondary N) is 1. The molecule has 144 valence electrons. The van der Waals surface area contributed by atoms with E-state index in [-0.39, 0.29) is 17.1 Å². The molecule has 0 fully saturated rings. The molecular weight excluding hydrogens is 391 g/mol. The third-order valence-corrected chi connectivity index (χ3v) is 5.56. The van der Waals surface area contributed by atoms with Gasteiger partial charge in [0, 0.05) is 21.9 Å². The Hall–Kier alpha value is -2.94. The molecule has 28 heavy (non-hydrogen) atoms. The molecule has 3 aromatic rings. The molecule has 0 aliphatic carbocycles. The third-order valence-electron chi connectivity index (χ3n) is 4.35. The second-order valence-electron chi connectivity index (χ2n) is 6.28. The predicted molar refractivity (Wildman–Crippen MR) is 98.5 cm³/mol. The Balaban J connectivity index is 1.72. The molecule has 0 radical (unpaired) electrons. The molecule has 1 N–H and O–H groups in total. The predicted octanol–water partition coefficient (Wildman–Crippen LogP) is 3.91. The number of benzene rings is 2. The zero-order valence-corrected chi connectivity index (χ0v) is 15.2. The van der Waals surface area contributed by atoms with E-state index in [0.717, 1.165) is 12.1 Å². The molecule has 0 spiro atoms. The second kappa shape index (κ2) is 6.90. The molecule has 1 amide bonds. The zero-order valence-electron chi connectivity index (χ0n) is 14.4. The minimum Gasteiger partial charge on any atom is -0.306 e. The highest BCUT2D eigenvalue weighted by Gasteiger charge is 2.32. The van der Waals surface area contributed by atoms with Gasteiger partial charge in [-0.2, -0.15) is 18.3 Å². The summed E-state index contributed by atoms with van der Waals surface area (Å²) in [4.78, 5) is 12.7. The molecule has 0 saturated carbocycles. The summed E-state index contributed by atoms with van der Waals surface area (Å²) in [6.07, 6.45) is -4.54. The topological polar surface area (TPSA) is 64.0 Å². The number of nitrogens with zero attached hydrogens (tertiary/aromatic N) is 2. The van der Waals surface area contributed by atoms with Gasteiger partial charge in [0.2, 0.25) is 0 Å². The average Bonchev–Trinajstić information content (AvgIpc) is 3.19. The maximum Gasteiger partial charge on any atom is 0.416 e. The number of hydrogen-bond donors (Lipinski definition) is 1. The summed E-state index contributed by atoms with van der Waals surface area (Å²) in [5.74, 6) is 0.153. The lowest BCUT2D eigenvalue weighted by molar-refractivity contribution is -0.137. The number of carbonyl (C=O) groups is 1. The molecule has 2 heterocycles. The maximum atomic E-state index is 12.9. The van der Waals surface area contributed by atoms with Crippen LogP contribution in [0.4, 0.5) is 19.0 Å². The molecule has 0 saturated heterocycles. The lowest BCUT2D eigenvalue weighted by atomic mass is 10.1. The Morgan fingerprint density at radius 2 is 1.82 bits per heavy atom. The van der Waals surface area contributed by atoms with Crippen LogP contribution < -0.4 is 5.32 Å². The van der Waals surface area contributed by atoms with E-state index in [1.54, 1.807) is 24.3 Å². The number of fused-ring (bicyclic) bond motifs is 1. The number of rotatable bonds is 3. The van der Waals surface area contributed by atoms with Gasteiger partial charge in [-0.25, -0.2) is 4.68 Å². The lowest BCUT2D eigenvalue weighted by Gasteiger charge is -2.12. The van der Waals surface area contributed by atoms with Gasteiger partial charge in [-0.05, 0) is 30.3 Å². The summed E-state index contributed by atoms with van der Waals surface area (Å²) < 4.78 is 52.2. The van der Waals surface area contributed by atoms with Crippen LogP contribution in [0.15, 0.2) is 54.6 Å². The molecule has 1 aliphatic rings. The Kier molecular flexibility index (Phi) is 4.54. The Morgan fingerprint density at radius 1 is 1.07 bits per heavy atom. The molecule has 1 unspecified atom stereocenters. The van der Waals surface area contributed by atoms with Crippen LogP contribution in [-0.2, 0) is 28.5 Å². The SMILES string of the molecule is O=C(Nc1c2c(nn1-c1ccccc1)CS(=O)C2)c1cccc(C(F)(F)F)c1. The van der Waals surface area contributed by atoms with Crippen LogP contribution >= 0.6 is 0 Å². The molecule has 1 atom stereocenters. The number of anilines is 1. The van der Waals surface area contributed by atoms with Gasteiger partial charge in [0.15, 0.2) is 0 Å². The van der Waals surface area contributed by atoms with Crippen LogP contribution in [0, 0.1) is 0 Å². The highest BCUT2D eigenvalue weighted by molar-refractivity contribution is 7.83. The summed E-state index contributed by atoms with van der Waals surface area (Å²) in [7, 11) is -1.11. The van der Waals surface area contributed by atoms with Crippen molar-refractivity contribution in [3.8, 4) is 5.69 Å². The quantitative estimate of drug-likeness (QED) is 0.719. The van der Waals surface area contributed by atoms with Crippen molar-refractivity contribution in [3.05, 3.63) is 77.0 Å². The summed E-state index contributed by atoms with van der Waals surface area (Å²) in [5, 5.41) is 7.11. The molecule has 1 aromatic heterocycles. The van der Waals surface area contributed by atoms with Crippen molar-refractivity contribution in [1.82, 2.24) is 9.78 Å². The third kappa shape index (κ3) is 3.45. The Labute approximate surface area is 160 Å². The number of carbonyl (C=O) groups excluding carboxylic acids is 1. The first-order valence-electron chi connectivity index (χ1n) is 8.33. The first-order valence-corrected chi connectivity index (χ1v) is 9.81. The van der Waals surface area contributed by atoms with Crippen molar-refractivity contribution >= 4 is 22.5 Å². The second-order valence-corrected chi connectivity index (χ2v) is 7.74. The smallest absolute Gasteiger partial charge is 0.306 e. The van der Waals surface area contributed by atoms with Crippen LogP contribution in [0.25, 0.3) is 5.69 Å². The van der Waals surface area contributed by atoms with Crippen molar-refractivity contribution in [2.24, 2.45) is 0 Å². The van der Waals surface area contributed by atoms with Crippen LogP contribution in [-0.4, -0.2) is 19.9 Å². The number of alkyl halides is 3. The van der Waals surface area contributed by atoms with E-state index in [9.17, 15) is 22.2 Å². The fraction of sp³-hybridized carbons (Fsp3) is 0.158. The van der Waals surface area contributed by atoms with Crippen LogP contribution in [0.3, 0.4) is 0 Å². The van der Waals surface area contributed by atoms with Crippen molar-refractivity contribution < 1.29 is 22.2 Å². The fourth-order valence-electron chi connectivity index (χ4n) is 3.03. The van der Waals surface area contributed by atoms with Crippen LogP contribution in [0.1, 0.15) is 27.2 Å². The first-order chi connectivity index (χ1) is 13.3. The highest BCUT2D eigenvalue weighted by atomic mass is 32.2. The number of para-hydroxylation sites is 1. The molecule has 1 aliphatic heterocycles. The minimum absolute atomic E-state index is 0.122. The normalized spacial score (nSPS) is 16.0. The first kappa shape index (κ1) is 18.4. The van der Waals surface area contributed by atoms with E-state index in [1.165, 1.54) is 16.8 Å². The van der Waals surface area contributed by atoms with Gasteiger partial charge < -0.3 is 5.32 Å². The van der Waals surface area contributed by atoms with E-state index in [0.29, 0.717) is 22.8 Å². The summed E-state index contributed by atoms with van der Waals surface area (Å²) in [6.45, 7) is 0. The Bertz CT molecular complexity index is 1080. The van der Waals surface area contributed by atoms with Gasteiger partial charge in [-0.1, -0.05) is 24.3 Å². The molecule has 2 aromatic carbocycles. The van der Waals surface area contributed by atoms with Gasteiger partial charge in [0.25, 0.3) is 5.91 Å². The van der Waals surface area contributed by atoms with Gasteiger partial charge in [-0.3, -0.25) is 9.00 Å². The molecular formula is C19H14F3N3O2S. The van der Waals surface area contributed by atoms with E-state index >= 15 is 0 Å². The number of aromatic nitrogens is 2. The van der Waals surface area contributed by atoms with E-state index < -0.39 is 28.4 Å². The van der Waals surface area contributed by atoms with Crippen LogP contribution in [0.2, 0.25) is 0 Å². The number of halogens is 3. The average molecular weight is 405 g/mol. The van der Waals surface area contributed by atoms with E-state index in [1.807, 2.05) is 6.07 Å². The monoisotopic (exact) mass is 405 g/mol. The Morgan fingerprint density at radius 3 is 2.54 bits per heavy atom. The fourth-order valence-corrected chi connectivity index (χ4v) is 4.29. The van der Waals surface area contributed by atoms with Gasteiger partial charge in [-0.15, -0.1) is 0 Å². The molecule has 5 nitrogen and oxygen atoms in total. The summed E-state index contributed by atoms with van der Waals surface area (Å²) >= 11 is 0. The van der Waals surface area contributed by atoms with Crippen molar-refractivity contribution in [2.75, 3.05) is 5.32 Å². The lowest BCUT2D eigenvalue weighted by Crippen LogP contribution is -2.17. The summed E-state index contributed by atoms with van der Waals surface area (Å²) in [6, 6.07) is 13.2. The van der Waals surface area contributed by atoms with E-state index in [4.69, 9.17) is 0 Å². The maximum absolute atomic E-state index is 12.9. The van der Waals surface area contributed by atoms with Crippen LogP contribution in [0.5, 0.6) is 0 Å².